The Hall–Kier alpha value is -1.84. The molecule has 1 atom stereocenters. The van der Waals surface area contributed by atoms with Crippen molar-refractivity contribution in [1.29, 1.82) is 0 Å². The van der Waals surface area contributed by atoms with Crippen LogP contribution in [0.25, 0.3) is 0 Å². The van der Waals surface area contributed by atoms with Gasteiger partial charge in [0.25, 0.3) is 0 Å². The van der Waals surface area contributed by atoms with Crippen molar-refractivity contribution in [3.05, 3.63) is 29.8 Å². The van der Waals surface area contributed by atoms with Crippen LogP contribution in [0.5, 0.6) is 0 Å². The van der Waals surface area contributed by atoms with E-state index in [1.165, 1.54) is 12.8 Å². The van der Waals surface area contributed by atoms with Crippen molar-refractivity contribution in [2.24, 2.45) is 10.9 Å². The molecule has 0 spiro atoms. The zero-order valence-corrected chi connectivity index (χ0v) is 21.7. The van der Waals surface area contributed by atoms with Gasteiger partial charge in [-0.25, -0.2) is 4.99 Å². The van der Waals surface area contributed by atoms with E-state index >= 15 is 0 Å². The second-order valence-corrected chi connectivity index (χ2v) is 8.59. The molecule has 1 aliphatic heterocycles. The largest absolute Gasteiger partial charge is 0.357 e. The van der Waals surface area contributed by atoms with Gasteiger partial charge in [0.1, 0.15) is 0 Å². The van der Waals surface area contributed by atoms with Gasteiger partial charge in [-0.3, -0.25) is 9.59 Å². The van der Waals surface area contributed by atoms with Crippen molar-refractivity contribution in [3.8, 4) is 0 Å². The molecular weight excluding hydrogens is 517 g/mol. The monoisotopic (exact) mass is 555 g/mol. The first kappa shape index (κ1) is 26.4. The van der Waals surface area contributed by atoms with Gasteiger partial charge in [-0.15, -0.1) is 24.0 Å². The van der Waals surface area contributed by atoms with Crippen LogP contribution in [-0.2, 0) is 16.1 Å². The zero-order chi connectivity index (χ0) is 22.1. The van der Waals surface area contributed by atoms with Crippen LogP contribution < -0.4 is 16.0 Å². The summed E-state index contributed by atoms with van der Waals surface area (Å²) in [6.45, 7) is 6.97. The van der Waals surface area contributed by atoms with E-state index in [1.54, 1.807) is 0 Å². The van der Waals surface area contributed by atoms with E-state index in [0.717, 1.165) is 62.5 Å². The normalized spacial score (nSPS) is 18.9. The molecule has 32 heavy (non-hydrogen) atoms. The minimum atomic E-state index is 0. The van der Waals surface area contributed by atoms with Crippen molar-refractivity contribution in [1.82, 2.24) is 15.5 Å². The number of anilines is 1. The molecule has 1 saturated carbocycles. The minimum Gasteiger partial charge on any atom is -0.357 e. The molecule has 2 amide bonds. The molecule has 7 nitrogen and oxygen atoms in total. The number of carbonyl (C=O) groups excluding carboxylic acids is 2. The first-order chi connectivity index (χ1) is 15.1. The third kappa shape index (κ3) is 7.94. The van der Waals surface area contributed by atoms with Crippen molar-refractivity contribution in [3.63, 3.8) is 0 Å². The van der Waals surface area contributed by atoms with Gasteiger partial charge in [-0.1, -0.05) is 31.9 Å². The number of guanidine groups is 1. The summed E-state index contributed by atoms with van der Waals surface area (Å²) in [6, 6.07) is 8.06. The maximum atomic E-state index is 12.7. The molecule has 1 saturated heterocycles. The number of hydrogen-bond acceptors (Lipinski definition) is 3. The lowest BCUT2D eigenvalue weighted by atomic mass is 10.1. The number of amides is 2. The van der Waals surface area contributed by atoms with Gasteiger partial charge < -0.3 is 20.9 Å². The summed E-state index contributed by atoms with van der Waals surface area (Å²) in [5.41, 5.74) is 1.89. The first-order valence-corrected chi connectivity index (χ1v) is 11.8. The fourth-order valence-corrected chi connectivity index (χ4v) is 4.34. The molecule has 2 aliphatic rings. The summed E-state index contributed by atoms with van der Waals surface area (Å²) < 4.78 is 0. The molecular formula is C24H38IN5O2. The van der Waals surface area contributed by atoms with E-state index in [4.69, 9.17) is 4.99 Å². The van der Waals surface area contributed by atoms with Crippen molar-refractivity contribution in [2.75, 3.05) is 25.0 Å². The molecule has 2 fully saturated rings. The number of likely N-dealkylation sites (tertiary alicyclic amines) is 1. The van der Waals surface area contributed by atoms with Crippen LogP contribution in [-0.4, -0.2) is 48.3 Å². The maximum absolute atomic E-state index is 12.7. The van der Waals surface area contributed by atoms with Gasteiger partial charge in [-0.2, -0.15) is 0 Å². The minimum absolute atomic E-state index is 0. The number of rotatable bonds is 8. The maximum Gasteiger partial charge on any atom is 0.225 e. The van der Waals surface area contributed by atoms with E-state index in [0.29, 0.717) is 18.9 Å². The van der Waals surface area contributed by atoms with Crippen LogP contribution in [0.3, 0.4) is 0 Å². The first-order valence-electron chi connectivity index (χ1n) is 11.8. The summed E-state index contributed by atoms with van der Waals surface area (Å²) in [4.78, 5) is 31.1. The molecule has 0 aromatic heterocycles. The molecule has 178 valence electrons. The average molecular weight is 556 g/mol. The highest BCUT2D eigenvalue weighted by Crippen LogP contribution is 2.27. The highest BCUT2D eigenvalue weighted by atomic mass is 127. The fourth-order valence-electron chi connectivity index (χ4n) is 4.34. The molecule has 8 heteroatoms. The van der Waals surface area contributed by atoms with Crippen LogP contribution in [0.2, 0.25) is 0 Å². The van der Waals surface area contributed by atoms with Crippen molar-refractivity contribution in [2.45, 2.75) is 71.4 Å². The van der Waals surface area contributed by atoms with E-state index in [1.807, 2.05) is 36.1 Å². The number of aliphatic imine (C=N–C) groups is 1. The van der Waals surface area contributed by atoms with Crippen LogP contribution in [0.15, 0.2) is 29.3 Å². The zero-order valence-electron chi connectivity index (χ0n) is 19.4. The predicted molar refractivity (Wildman–Crippen MR) is 140 cm³/mol. The SMILES string of the molecule is CCCC(=O)Nc1ccc(CN=C(NCC)NC2CCN(C(=O)C3CCCC3)C2)cc1.I. The Labute approximate surface area is 209 Å². The fraction of sp³-hybridized carbons (Fsp3) is 0.625. The smallest absolute Gasteiger partial charge is 0.225 e. The summed E-state index contributed by atoms with van der Waals surface area (Å²) in [5, 5.41) is 9.72. The molecule has 3 rings (SSSR count). The Bertz CT molecular complexity index is 762. The highest BCUT2D eigenvalue weighted by molar-refractivity contribution is 14.0. The van der Waals surface area contributed by atoms with E-state index < -0.39 is 0 Å². The second-order valence-electron chi connectivity index (χ2n) is 8.59. The average Bonchev–Trinajstić information content (AvgIpc) is 3.45. The molecule has 1 aliphatic carbocycles. The van der Waals surface area contributed by atoms with Crippen LogP contribution in [0, 0.1) is 5.92 Å². The molecule has 0 radical (unpaired) electrons. The van der Waals surface area contributed by atoms with Crippen molar-refractivity contribution >= 4 is 47.4 Å². The van der Waals surface area contributed by atoms with Gasteiger partial charge in [0, 0.05) is 43.7 Å². The lowest BCUT2D eigenvalue weighted by Gasteiger charge is -2.21. The number of benzene rings is 1. The number of halogens is 1. The quantitative estimate of drug-likeness (QED) is 0.258. The number of nitrogens with zero attached hydrogens (tertiary/aromatic N) is 2. The Kier molecular flexibility index (Phi) is 11.3. The number of carbonyl (C=O) groups is 2. The number of hydrogen-bond donors (Lipinski definition) is 3. The van der Waals surface area contributed by atoms with Crippen LogP contribution in [0.1, 0.15) is 64.4 Å². The van der Waals surface area contributed by atoms with Gasteiger partial charge in [0.2, 0.25) is 11.8 Å². The highest BCUT2D eigenvalue weighted by Gasteiger charge is 2.32. The van der Waals surface area contributed by atoms with E-state index in [9.17, 15) is 9.59 Å². The van der Waals surface area contributed by atoms with Crippen LogP contribution >= 0.6 is 24.0 Å². The summed E-state index contributed by atoms with van der Waals surface area (Å²) in [6.07, 6.45) is 6.82. The van der Waals surface area contributed by atoms with Crippen LogP contribution in [0.4, 0.5) is 5.69 Å². The second kappa shape index (κ2) is 13.6. The van der Waals surface area contributed by atoms with Gasteiger partial charge in [0.05, 0.1) is 6.54 Å². The van der Waals surface area contributed by atoms with Crippen molar-refractivity contribution < 1.29 is 9.59 Å². The summed E-state index contributed by atoms with van der Waals surface area (Å²) >= 11 is 0. The molecule has 1 aromatic carbocycles. The Morgan fingerprint density at radius 2 is 1.81 bits per heavy atom. The number of nitrogens with one attached hydrogen (secondary N) is 3. The van der Waals surface area contributed by atoms with E-state index in [2.05, 4.69) is 22.9 Å². The molecule has 0 bridgehead atoms. The van der Waals surface area contributed by atoms with Gasteiger partial charge in [-0.05, 0) is 50.3 Å². The molecule has 1 aromatic rings. The topological polar surface area (TPSA) is 85.8 Å². The lowest BCUT2D eigenvalue weighted by molar-refractivity contribution is -0.134. The standard InChI is InChI=1S/C24H37N5O2.HI/c1-3-7-22(30)27-20-12-10-18(11-13-20)16-26-24(25-4-2)28-21-14-15-29(17-21)23(31)19-8-5-6-9-19;/h10-13,19,21H,3-9,14-17H2,1-2H3,(H,27,30)(H2,25,26,28);1H. The lowest BCUT2D eigenvalue weighted by Crippen LogP contribution is -2.45. The van der Waals surface area contributed by atoms with E-state index in [-0.39, 0.29) is 41.8 Å². The Morgan fingerprint density at radius 3 is 2.47 bits per heavy atom. The van der Waals surface area contributed by atoms with Gasteiger partial charge in [0.15, 0.2) is 5.96 Å². The molecule has 1 unspecified atom stereocenters. The summed E-state index contributed by atoms with van der Waals surface area (Å²) in [5.74, 6) is 1.41. The molecule has 1 heterocycles. The Morgan fingerprint density at radius 1 is 1.09 bits per heavy atom. The Balaban J connectivity index is 0.00000363. The summed E-state index contributed by atoms with van der Waals surface area (Å²) in [7, 11) is 0. The predicted octanol–water partition coefficient (Wildman–Crippen LogP) is 3.89. The third-order valence-electron chi connectivity index (χ3n) is 6.02. The molecule has 3 N–H and O–H groups in total. The third-order valence-corrected chi connectivity index (χ3v) is 6.02. The van der Waals surface area contributed by atoms with Gasteiger partial charge >= 0.3 is 0 Å².